The molecule has 1 aromatic carbocycles. The van der Waals surface area contributed by atoms with Crippen molar-refractivity contribution in [1.29, 1.82) is 0 Å². The summed E-state index contributed by atoms with van der Waals surface area (Å²) in [4.78, 5) is 64.8. The summed E-state index contributed by atoms with van der Waals surface area (Å²) < 4.78 is 0. The number of nitro groups is 3. The van der Waals surface area contributed by atoms with Gasteiger partial charge in [-0.1, -0.05) is 0 Å². The molecule has 0 aromatic heterocycles. The zero-order chi connectivity index (χ0) is 23.2. The van der Waals surface area contributed by atoms with Gasteiger partial charge in [0.05, 0.1) is 14.8 Å². The summed E-state index contributed by atoms with van der Waals surface area (Å²) in [5.74, 6) is -2.45. The van der Waals surface area contributed by atoms with E-state index in [0.717, 1.165) is 20.8 Å². The van der Waals surface area contributed by atoms with Gasteiger partial charge in [0, 0.05) is 20.8 Å². The Kier molecular flexibility index (Phi) is 7.32. The third-order valence-corrected chi connectivity index (χ3v) is 3.06. The summed E-state index contributed by atoms with van der Waals surface area (Å²) in [6, 6.07) is 0. The molecule has 0 unspecified atom stereocenters. The second kappa shape index (κ2) is 9.43. The van der Waals surface area contributed by atoms with Crippen molar-refractivity contribution < 1.29 is 29.2 Å². The van der Waals surface area contributed by atoms with Crippen molar-refractivity contribution in [3.8, 4) is 0 Å². The van der Waals surface area contributed by atoms with Crippen molar-refractivity contribution in [3.05, 3.63) is 30.3 Å². The molecule has 0 fully saturated rings. The molecule has 0 heterocycles. The summed E-state index contributed by atoms with van der Waals surface area (Å²) in [6.45, 7) is 2.93. The van der Waals surface area contributed by atoms with Gasteiger partial charge in [-0.3, -0.25) is 77.3 Å². The fraction of sp³-hybridized carbons (Fsp3) is 0.250. The number of carbonyl (C=O) groups excluding carboxylic acids is 3. The van der Waals surface area contributed by atoms with E-state index in [9.17, 15) is 44.7 Å². The highest BCUT2D eigenvalue weighted by Gasteiger charge is 2.43. The van der Waals surface area contributed by atoms with Crippen molar-refractivity contribution in [2.75, 3.05) is 16.3 Å². The Balaban J connectivity index is 4.07. The SMILES string of the molecule is CC(=O)NNc1c([N+](=O)[O-])c(NNC(C)=O)c([N+](=O)[O-])c(NNC(C)=O)c1[N+](=O)[O-]. The molecule has 0 aliphatic heterocycles. The zero-order valence-corrected chi connectivity index (χ0v) is 15.5. The summed E-state index contributed by atoms with van der Waals surface area (Å²) in [6.07, 6.45) is 0. The lowest BCUT2D eigenvalue weighted by Gasteiger charge is -2.16. The molecule has 0 aliphatic rings. The van der Waals surface area contributed by atoms with Crippen LogP contribution in [0.2, 0.25) is 0 Å². The first-order valence-electron chi connectivity index (χ1n) is 7.63. The topological polar surface area (TPSA) is 253 Å². The maximum absolute atomic E-state index is 11.6. The molecule has 0 radical (unpaired) electrons. The maximum Gasteiger partial charge on any atom is 0.333 e. The molecular formula is C12H15N9O9. The number of carbonyl (C=O) groups is 3. The fourth-order valence-corrected chi connectivity index (χ4v) is 2.07. The van der Waals surface area contributed by atoms with Crippen LogP contribution in [0.5, 0.6) is 0 Å². The molecule has 30 heavy (non-hydrogen) atoms. The number of amides is 3. The minimum absolute atomic E-state index is 0.815. The summed E-state index contributed by atoms with van der Waals surface area (Å²) >= 11 is 0. The number of rotatable bonds is 9. The lowest BCUT2D eigenvalue weighted by atomic mass is 10.1. The lowest BCUT2D eigenvalue weighted by Crippen LogP contribution is -2.32. The number of benzene rings is 1. The number of nitro benzene ring substituents is 3. The van der Waals surface area contributed by atoms with E-state index in [1.807, 2.05) is 32.6 Å². The first-order valence-corrected chi connectivity index (χ1v) is 7.63. The molecular weight excluding hydrogens is 414 g/mol. The van der Waals surface area contributed by atoms with Gasteiger partial charge in [0.2, 0.25) is 34.8 Å². The van der Waals surface area contributed by atoms with E-state index >= 15 is 0 Å². The summed E-state index contributed by atoms with van der Waals surface area (Å²) in [7, 11) is 0. The zero-order valence-electron chi connectivity index (χ0n) is 15.5. The third-order valence-electron chi connectivity index (χ3n) is 3.06. The van der Waals surface area contributed by atoms with Crippen LogP contribution in [0.3, 0.4) is 0 Å². The van der Waals surface area contributed by atoms with E-state index in [1.54, 1.807) is 0 Å². The predicted molar refractivity (Wildman–Crippen MR) is 98.7 cm³/mol. The van der Waals surface area contributed by atoms with Crippen molar-refractivity contribution in [2.24, 2.45) is 0 Å². The Morgan fingerprint density at radius 2 is 0.767 bits per heavy atom. The molecule has 6 N–H and O–H groups in total. The van der Waals surface area contributed by atoms with E-state index in [0.29, 0.717) is 0 Å². The van der Waals surface area contributed by atoms with E-state index in [2.05, 4.69) is 0 Å². The average Bonchev–Trinajstić information content (AvgIpc) is 2.60. The third kappa shape index (κ3) is 5.37. The maximum atomic E-state index is 11.6. The van der Waals surface area contributed by atoms with Gasteiger partial charge in [-0.2, -0.15) is 0 Å². The van der Waals surface area contributed by atoms with Crippen LogP contribution >= 0.6 is 0 Å². The van der Waals surface area contributed by atoms with Gasteiger partial charge >= 0.3 is 17.1 Å². The molecule has 0 spiro atoms. The summed E-state index contributed by atoms with van der Waals surface area (Å²) in [5, 5.41) is 34.9. The monoisotopic (exact) mass is 429 g/mol. The molecule has 0 bridgehead atoms. The highest BCUT2D eigenvalue weighted by Crippen LogP contribution is 2.52. The van der Waals surface area contributed by atoms with Crippen LogP contribution in [0.25, 0.3) is 0 Å². The molecule has 0 saturated heterocycles. The Hall–Kier alpha value is -4.77. The van der Waals surface area contributed by atoms with Crippen LogP contribution in [-0.2, 0) is 14.4 Å². The van der Waals surface area contributed by atoms with Gasteiger partial charge in [0.25, 0.3) is 0 Å². The molecule has 1 rings (SSSR count). The van der Waals surface area contributed by atoms with Crippen molar-refractivity contribution in [3.63, 3.8) is 0 Å². The van der Waals surface area contributed by atoms with Crippen LogP contribution in [0.4, 0.5) is 34.1 Å². The fourth-order valence-electron chi connectivity index (χ4n) is 2.07. The second-order valence-electron chi connectivity index (χ2n) is 5.36. The number of nitrogens with zero attached hydrogens (tertiary/aromatic N) is 3. The first-order chi connectivity index (χ1) is 13.9. The highest BCUT2D eigenvalue weighted by atomic mass is 16.6. The first kappa shape index (κ1) is 23.3. The van der Waals surface area contributed by atoms with E-state index < -0.39 is 66.6 Å². The number of nitrogens with one attached hydrogen (secondary N) is 6. The van der Waals surface area contributed by atoms with E-state index in [-0.39, 0.29) is 0 Å². The van der Waals surface area contributed by atoms with Gasteiger partial charge in [0.15, 0.2) is 0 Å². The van der Waals surface area contributed by atoms with E-state index in [4.69, 9.17) is 0 Å². The van der Waals surface area contributed by atoms with Crippen LogP contribution in [0, 0.1) is 30.3 Å². The molecule has 0 atom stereocenters. The van der Waals surface area contributed by atoms with Crippen molar-refractivity contribution >= 4 is 51.8 Å². The molecule has 18 nitrogen and oxygen atoms in total. The van der Waals surface area contributed by atoms with Gasteiger partial charge in [-0.05, 0) is 0 Å². The molecule has 18 heteroatoms. The molecule has 1 aromatic rings. The number of hydrogen-bond acceptors (Lipinski definition) is 12. The lowest BCUT2D eigenvalue weighted by molar-refractivity contribution is -0.399. The molecule has 0 saturated carbocycles. The minimum Gasteiger partial charge on any atom is -0.286 e. The van der Waals surface area contributed by atoms with Crippen LogP contribution in [0.15, 0.2) is 0 Å². The second-order valence-corrected chi connectivity index (χ2v) is 5.36. The number of anilines is 3. The van der Waals surface area contributed by atoms with Gasteiger partial charge in [0.1, 0.15) is 0 Å². The quantitative estimate of drug-likeness (QED) is 0.220. The van der Waals surface area contributed by atoms with Crippen LogP contribution in [-0.4, -0.2) is 32.5 Å². The highest BCUT2D eigenvalue weighted by molar-refractivity contribution is 6.01. The van der Waals surface area contributed by atoms with E-state index in [1.165, 1.54) is 0 Å². The Bertz CT molecular complexity index is 806. The predicted octanol–water partition coefficient (Wildman–Crippen LogP) is -0.200. The van der Waals surface area contributed by atoms with Crippen LogP contribution < -0.4 is 32.6 Å². The molecule has 0 aliphatic carbocycles. The smallest absolute Gasteiger partial charge is 0.286 e. The standard InChI is InChI=1S/C12H15N9O9/c1-4(22)13-16-7-10(19(25)26)8(17-14-5(2)23)12(21(29)30)9(11(7)20(27)28)18-15-6(3)24/h16-18H,1-3H3,(H,13,22)(H,14,23)(H,15,24). The Morgan fingerprint density at radius 3 is 0.900 bits per heavy atom. The number of hydrazine groups is 3. The summed E-state index contributed by atoms with van der Waals surface area (Å²) in [5.41, 5.74) is 4.85. The Labute approximate surface area is 165 Å². The normalized spacial score (nSPS) is 9.70. The molecule has 162 valence electrons. The largest absolute Gasteiger partial charge is 0.333 e. The van der Waals surface area contributed by atoms with Crippen molar-refractivity contribution in [2.45, 2.75) is 20.8 Å². The average molecular weight is 429 g/mol. The van der Waals surface area contributed by atoms with Crippen molar-refractivity contribution in [1.82, 2.24) is 16.3 Å². The minimum atomic E-state index is -1.25. The van der Waals surface area contributed by atoms with Gasteiger partial charge < -0.3 is 0 Å². The van der Waals surface area contributed by atoms with Gasteiger partial charge in [-0.15, -0.1) is 0 Å². The molecule has 3 amide bonds. The Morgan fingerprint density at radius 1 is 0.567 bits per heavy atom. The number of hydrogen-bond donors (Lipinski definition) is 6. The van der Waals surface area contributed by atoms with Gasteiger partial charge in [-0.25, -0.2) is 0 Å². The van der Waals surface area contributed by atoms with Crippen LogP contribution in [0.1, 0.15) is 20.8 Å².